The van der Waals surface area contributed by atoms with Crippen molar-refractivity contribution in [3.05, 3.63) is 46.1 Å². The molecule has 0 unspecified atom stereocenters. The second kappa shape index (κ2) is 8.58. The number of esters is 1. The zero-order valence-electron chi connectivity index (χ0n) is 12.9. The summed E-state index contributed by atoms with van der Waals surface area (Å²) in [6, 6.07) is 3.03. The quantitative estimate of drug-likeness (QED) is 0.631. The second-order valence-electron chi connectivity index (χ2n) is 4.59. The van der Waals surface area contributed by atoms with Gasteiger partial charge < -0.3 is 9.47 Å². The molecule has 0 radical (unpaired) electrons. The van der Waals surface area contributed by atoms with Gasteiger partial charge in [0.1, 0.15) is 6.61 Å². The highest BCUT2D eigenvalue weighted by Gasteiger charge is 2.33. The first kappa shape index (κ1) is 19.8. The Kier molecular flexibility index (Phi) is 7.09. The molecule has 0 aliphatic carbocycles. The molecule has 0 bridgehead atoms. The summed E-state index contributed by atoms with van der Waals surface area (Å²) < 4.78 is 47.2. The molecule has 0 fully saturated rings. The third-order valence-electron chi connectivity index (χ3n) is 2.63. The molecule has 0 spiro atoms. The molecule has 0 saturated heterocycles. The van der Waals surface area contributed by atoms with Crippen LogP contribution in [-0.2, 0) is 27.1 Å². The number of halogens is 4. The van der Waals surface area contributed by atoms with Crippen LogP contribution in [0.15, 0.2) is 30.0 Å². The number of hydrogen-bond donors (Lipinski definition) is 1. The van der Waals surface area contributed by atoms with Gasteiger partial charge in [-0.1, -0.05) is 17.7 Å². The van der Waals surface area contributed by atoms with Gasteiger partial charge in [0.05, 0.1) is 17.2 Å². The fourth-order valence-corrected chi connectivity index (χ4v) is 1.93. The predicted molar refractivity (Wildman–Crippen MR) is 80.2 cm³/mol. The van der Waals surface area contributed by atoms with Crippen LogP contribution >= 0.6 is 11.6 Å². The van der Waals surface area contributed by atoms with Crippen LogP contribution in [0.1, 0.15) is 25.0 Å². The van der Waals surface area contributed by atoms with Crippen LogP contribution in [0, 0.1) is 0 Å². The molecule has 5 nitrogen and oxygen atoms in total. The second-order valence-corrected chi connectivity index (χ2v) is 5.00. The van der Waals surface area contributed by atoms with Crippen molar-refractivity contribution in [2.45, 2.75) is 26.6 Å². The van der Waals surface area contributed by atoms with Crippen molar-refractivity contribution in [1.29, 1.82) is 0 Å². The number of carbonyl (C=O) groups is 2. The summed E-state index contributed by atoms with van der Waals surface area (Å²) >= 11 is 5.56. The monoisotopic (exact) mass is 365 g/mol. The molecule has 0 aromatic heterocycles. The Bertz CT molecular complexity index is 644. The van der Waals surface area contributed by atoms with Crippen molar-refractivity contribution < 1.29 is 32.2 Å². The summed E-state index contributed by atoms with van der Waals surface area (Å²) in [6.45, 7) is 3.00. The minimum absolute atomic E-state index is 0.196. The van der Waals surface area contributed by atoms with Gasteiger partial charge in [0.2, 0.25) is 0 Å². The molecular weight excluding hydrogens is 351 g/mol. The molecule has 1 rings (SSSR count). The number of alkyl carbamates (subject to hydrolysis) is 1. The summed E-state index contributed by atoms with van der Waals surface area (Å²) in [5.41, 5.74) is -0.482. The average Bonchev–Trinajstić information content (AvgIpc) is 2.43. The zero-order chi connectivity index (χ0) is 18.3. The van der Waals surface area contributed by atoms with E-state index in [9.17, 15) is 22.8 Å². The van der Waals surface area contributed by atoms with Gasteiger partial charge in [-0.2, -0.15) is 13.2 Å². The van der Waals surface area contributed by atoms with E-state index in [0.717, 1.165) is 24.3 Å². The fraction of sp³-hybridized carbons (Fsp3) is 0.333. The number of amides is 1. The SMILES string of the molecule is CCOC(=O)C=C(C)NC(=O)OCc1ccc(C(F)(F)F)c(Cl)c1. The maximum Gasteiger partial charge on any atom is 0.417 e. The standard InChI is InChI=1S/C15H15ClF3NO4/c1-3-23-13(21)6-9(2)20-14(22)24-8-10-4-5-11(12(16)7-10)15(17,18)19/h4-7H,3,8H2,1-2H3,(H,20,22). The maximum atomic E-state index is 12.6. The van der Waals surface area contributed by atoms with Crippen molar-refractivity contribution in [2.75, 3.05) is 6.61 Å². The predicted octanol–water partition coefficient (Wildman–Crippen LogP) is 4.05. The molecule has 0 aliphatic rings. The van der Waals surface area contributed by atoms with Crippen LogP contribution in [0.25, 0.3) is 0 Å². The first-order chi connectivity index (χ1) is 11.1. The van der Waals surface area contributed by atoms with Crippen molar-refractivity contribution in [2.24, 2.45) is 0 Å². The Hall–Kier alpha value is -2.22. The van der Waals surface area contributed by atoms with E-state index >= 15 is 0 Å². The van der Waals surface area contributed by atoms with Gasteiger partial charge in [-0.3, -0.25) is 5.32 Å². The first-order valence-corrected chi connectivity index (χ1v) is 7.15. The van der Waals surface area contributed by atoms with Gasteiger partial charge in [-0.15, -0.1) is 0 Å². The van der Waals surface area contributed by atoms with Crippen LogP contribution in [0.2, 0.25) is 5.02 Å². The molecule has 9 heteroatoms. The smallest absolute Gasteiger partial charge is 0.417 e. The van der Waals surface area contributed by atoms with Crippen molar-refractivity contribution >= 4 is 23.7 Å². The van der Waals surface area contributed by atoms with Crippen LogP contribution < -0.4 is 5.32 Å². The number of benzene rings is 1. The Morgan fingerprint density at radius 2 is 1.96 bits per heavy atom. The number of ether oxygens (including phenoxy) is 2. The molecule has 0 aliphatic heterocycles. The van der Waals surface area contributed by atoms with Crippen LogP contribution in [0.3, 0.4) is 0 Å². The number of alkyl halides is 3. The number of allylic oxidation sites excluding steroid dienone is 1. The molecule has 132 valence electrons. The topological polar surface area (TPSA) is 64.6 Å². The van der Waals surface area contributed by atoms with Crippen LogP contribution in [0.5, 0.6) is 0 Å². The summed E-state index contributed by atoms with van der Waals surface area (Å²) in [6.07, 6.45) is -4.35. The number of carbonyl (C=O) groups excluding carboxylic acids is 2. The highest BCUT2D eigenvalue weighted by Crippen LogP contribution is 2.34. The Balaban J connectivity index is 2.59. The van der Waals surface area contributed by atoms with E-state index < -0.39 is 28.8 Å². The molecule has 1 amide bonds. The van der Waals surface area contributed by atoms with E-state index in [2.05, 4.69) is 10.1 Å². The molecule has 0 heterocycles. The molecule has 0 atom stereocenters. The van der Waals surface area contributed by atoms with Crippen molar-refractivity contribution in [3.8, 4) is 0 Å². The lowest BCUT2D eigenvalue weighted by molar-refractivity contribution is -0.138. The average molecular weight is 366 g/mol. The van der Waals surface area contributed by atoms with E-state index in [1.165, 1.54) is 6.92 Å². The highest BCUT2D eigenvalue weighted by molar-refractivity contribution is 6.31. The minimum atomic E-state index is -4.55. The molecule has 1 N–H and O–H groups in total. The highest BCUT2D eigenvalue weighted by atomic mass is 35.5. The number of rotatable bonds is 5. The normalized spacial score (nSPS) is 11.8. The molecule has 24 heavy (non-hydrogen) atoms. The third-order valence-corrected chi connectivity index (χ3v) is 2.94. The third kappa shape index (κ3) is 6.49. The van der Waals surface area contributed by atoms with Crippen molar-refractivity contribution in [3.63, 3.8) is 0 Å². The lowest BCUT2D eigenvalue weighted by atomic mass is 10.1. The van der Waals surface area contributed by atoms with E-state index in [-0.39, 0.29) is 24.5 Å². The van der Waals surface area contributed by atoms with E-state index in [1.54, 1.807) is 6.92 Å². The largest absolute Gasteiger partial charge is 0.463 e. The Morgan fingerprint density at radius 3 is 2.50 bits per heavy atom. The van der Waals surface area contributed by atoms with Gasteiger partial charge in [0, 0.05) is 11.8 Å². The summed E-state index contributed by atoms with van der Waals surface area (Å²) in [7, 11) is 0. The fourth-order valence-electron chi connectivity index (χ4n) is 1.62. The van der Waals surface area contributed by atoms with Gasteiger partial charge in [0.25, 0.3) is 0 Å². The number of hydrogen-bond acceptors (Lipinski definition) is 4. The molecule has 0 saturated carbocycles. The summed E-state index contributed by atoms with van der Waals surface area (Å²) in [5.74, 6) is -0.621. The van der Waals surface area contributed by atoms with E-state index in [1.807, 2.05) is 0 Å². The maximum absolute atomic E-state index is 12.6. The minimum Gasteiger partial charge on any atom is -0.463 e. The molecule has 1 aromatic carbocycles. The molecule has 1 aromatic rings. The zero-order valence-corrected chi connectivity index (χ0v) is 13.6. The van der Waals surface area contributed by atoms with E-state index in [0.29, 0.717) is 0 Å². The van der Waals surface area contributed by atoms with Gasteiger partial charge in [-0.05, 0) is 31.5 Å². The lowest BCUT2D eigenvalue weighted by Gasteiger charge is -2.11. The van der Waals surface area contributed by atoms with Gasteiger partial charge >= 0.3 is 18.2 Å². The van der Waals surface area contributed by atoms with Crippen LogP contribution in [0.4, 0.5) is 18.0 Å². The summed E-state index contributed by atoms with van der Waals surface area (Å²) in [5, 5.41) is 1.79. The van der Waals surface area contributed by atoms with Gasteiger partial charge in [-0.25, -0.2) is 9.59 Å². The van der Waals surface area contributed by atoms with E-state index in [4.69, 9.17) is 16.3 Å². The van der Waals surface area contributed by atoms with Crippen molar-refractivity contribution in [1.82, 2.24) is 5.32 Å². The Labute approximate surface area is 141 Å². The number of nitrogens with one attached hydrogen (secondary N) is 1. The van der Waals surface area contributed by atoms with Crippen LogP contribution in [-0.4, -0.2) is 18.7 Å². The lowest BCUT2D eigenvalue weighted by Crippen LogP contribution is -2.23. The molecular formula is C15H15ClF3NO4. The first-order valence-electron chi connectivity index (χ1n) is 6.78. The van der Waals surface area contributed by atoms with Gasteiger partial charge in [0.15, 0.2) is 0 Å². The summed E-state index contributed by atoms with van der Waals surface area (Å²) in [4.78, 5) is 22.7. The Morgan fingerprint density at radius 1 is 1.29 bits per heavy atom.